The number of rotatable bonds is 7. The Morgan fingerprint density at radius 3 is 1.84 bits per heavy atom. The number of carbonyl (C=O) groups is 3. The molecule has 2 aromatic heterocycles. The predicted molar refractivity (Wildman–Crippen MR) is 135 cm³/mol. The van der Waals surface area contributed by atoms with Gasteiger partial charge < -0.3 is 25.0 Å². The minimum absolute atomic E-state index is 0.483. The van der Waals surface area contributed by atoms with Gasteiger partial charge in [-0.15, -0.1) is 0 Å². The van der Waals surface area contributed by atoms with E-state index in [1.54, 1.807) is 11.3 Å². The van der Waals surface area contributed by atoms with Crippen LogP contribution in [-0.2, 0) is 38.8 Å². The molecule has 2 aromatic rings. The number of halogens is 9. The molecule has 44 heavy (non-hydrogen) atoms. The van der Waals surface area contributed by atoms with Gasteiger partial charge in [0, 0.05) is 44.8 Å². The number of thiophene rings is 1. The Morgan fingerprint density at radius 2 is 1.43 bits per heavy atom. The van der Waals surface area contributed by atoms with Crippen molar-refractivity contribution in [3.63, 3.8) is 0 Å². The summed E-state index contributed by atoms with van der Waals surface area (Å²) in [5, 5.41) is 30.3. The Morgan fingerprint density at radius 1 is 0.932 bits per heavy atom. The molecular weight excluding hydrogens is 647 g/mol. The maximum Gasteiger partial charge on any atom is 0.490 e. The van der Waals surface area contributed by atoms with Gasteiger partial charge in [0.25, 0.3) is 0 Å². The Balaban J connectivity index is 0.000000721. The summed E-state index contributed by atoms with van der Waals surface area (Å²) in [5.41, 5.74) is 2.70. The van der Waals surface area contributed by atoms with Crippen LogP contribution in [0.15, 0.2) is 29.1 Å². The van der Waals surface area contributed by atoms with Crippen molar-refractivity contribution in [3.05, 3.63) is 40.3 Å². The van der Waals surface area contributed by atoms with Gasteiger partial charge in [-0.05, 0) is 42.6 Å². The number of nitrogens with zero attached hydrogens (tertiary/aromatic N) is 4. The summed E-state index contributed by atoms with van der Waals surface area (Å²) in [6.45, 7) is 6.53. The topological polar surface area (TPSA) is 145 Å². The number of hydrogen-bond donors (Lipinski definition) is 3. The van der Waals surface area contributed by atoms with Crippen LogP contribution in [0.2, 0.25) is 0 Å². The molecule has 0 aliphatic carbocycles. The molecule has 1 aliphatic rings. The first-order chi connectivity index (χ1) is 20.0. The number of hydrogen-bond acceptors (Lipinski definition) is 8. The second kappa shape index (κ2) is 18.4. The molecule has 0 radical (unpaired) electrons. The standard InChI is InChI=1S/C17H26N4OS.3C2HF3O2/c1-19(2)6-7-22-13-16-10-20(9-15-4-8-23-14-15)12-17-3-5-18-21(17)11-16;3*3-2(4,5)1(6)7/h3-5,8,14,16H,6-7,9-13H2,1-2H3;3*(H,6,7). The lowest BCUT2D eigenvalue weighted by molar-refractivity contribution is -0.193. The molecule has 1 unspecified atom stereocenters. The molecule has 3 N–H and O–H groups in total. The van der Waals surface area contributed by atoms with Gasteiger partial charge in [-0.25, -0.2) is 14.4 Å². The summed E-state index contributed by atoms with van der Waals surface area (Å²) in [7, 11) is 4.15. The molecular formula is C23H29F9N4O7S. The molecule has 3 heterocycles. The van der Waals surface area contributed by atoms with E-state index in [1.807, 2.05) is 6.20 Å². The van der Waals surface area contributed by atoms with Crippen molar-refractivity contribution in [1.29, 1.82) is 0 Å². The zero-order valence-corrected chi connectivity index (χ0v) is 23.8. The van der Waals surface area contributed by atoms with Crippen molar-refractivity contribution in [2.24, 2.45) is 5.92 Å². The van der Waals surface area contributed by atoms with Gasteiger partial charge in [0.1, 0.15) is 0 Å². The van der Waals surface area contributed by atoms with Crippen molar-refractivity contribution < 1.29 is 74.0 Å². The number of carboxylic acid groups (broad SMARTS) is 3. The highest BCUT2D eigenvalue weighted by Crippen LogP contribution is 2.20. The third-order valence-electron chi connectivity index (χ3n) is 4.89. The molecule has 0 fully saturated rings. The van der Waals surface area contributed by atoms with Crippen LogP contribution < -0.4 is 0 Å². The van der Waals surface area contributed by atoms with Gasteiger partial charge in [0.05, 0.1) is 18.9 Å². The fraction of sp³-hybridized carbons (Fsp3) is 0.565. The van der Waals surface area contributed by atoms with Gasteiger partial charge in [-0.2, -0.15) is 55.9 Å². The Kier molecular flexibility index (Phi) is 17.0. The minimum Gasteiger partial charge on any atom is -0.475 e. The lowest BCUT2D eigenvalue weighted by Gasteiger charge is -2.23. The van der Waals surface area contributed by atoms with Crippen molar-refractivity contribution in [2.75, 3.05) is 40.4 Å². The number of likely N-dealkylation sites (N-methyl/N-ethyl adjacent to an activating group) is 1. The predicted octanol–water partition coefficient (Wildman–Crippen LogP) is 4.05. The highest BCUT2D eigenvalue weighted by atomic mass is 32.1. The van der Waals surface area contributed by atoms with Gasteiger partial charge >= 0.3 is 36.4 Å². The van der Waals surface area contributed by atoms with Crippen LogP contribution in [0, 0.1) is 5.92 Å². The van der Waals surface area contributed by atoms with Crippen molar-refractivity contribution in [1.82, 2.24) is 19.6 Å². The van der Waals surface area contributed by atoms with Crippen LogP contribution in [0.5, 0.6) is 0 Å². The zero-order chi connectivity index (χ0) is 34.3. The van der Waals surface area contributed by atoms with E-state index in [1.165, 1.54) is 11.3 Å². The molecule has 1 aliphatic heterocycles. The highest BCUT2D eigenvalue weighted by molar-refractivity contribution is 7.07. The van der Waals surface area contributed by atoms with E-state index in [4.69, 9.17) is 34.4 Å². The molecule has 3 rings (SSSR count). The first kappa shape index (κ1) is 40.6. The van der Waals surface area contributed by atoms with Crippen molar-refractivity contribution >= 4 is 29.2 Å². The van der Waals surface area contributed by atoms with E-state index >= 15 is 0 Å². The quantitative estimate of drug-likeness (QED) is 0.290. The van der Waals surface area contributed by atoms with Gasteiger partial charge in [0.2, 0.25) is 0 Å². The van der Waals surface area contributed by atoms with E-state index in [-0.39, 0.29) is 0 Å². The number of alkyl halides is 9. The number of fused-ring (bicyclic) bond motifs is 1. The zero-order valence-electron chi connectivity index (χ0n) is 23.0. The maximum absolute atomic E-state index is 10.6. The van der Waals surface area contributed by atoms with Crippen LogP contribution in [0.3, 0.4) is 0 Å². The Labute approximate surface area is 248 Å². The molecule has 1 atom stereocenters. The summed E-state index contributed by atoms with van der Waals surface area (Å²) < 4.78 is 103. The number of ether oxygens (including phenoxy) is 1. The van der Waals surface area contributed by atoms with Crippen LogP contribution >= 0.6 is 11.3 Å². The highest BCUT2D eigenvalue weighted by Gasteiger charge is 2.39. The molecule has 0 saturated carbocycles. The number of carboxylic acids is 3. The van der Waals surface area contributed by atoms with Crippen molar-refractivity contribution in [2.45, 2.75) is 38.2 Å². The Bertz CT molecular complexity index is 1080. The van der Waals surface area contributed by atoms with Crippen LogP contribution in [0.4, 0.5) is 39.5 Å². The molecule has 11 nitrogen and oxygen atoms in total. The molecule has 0 bridgehead atoms. The average Bonchev–Trinajstić information content (AvgIpc) is 3.50. The third-order valence-corrected chi connectivity index (χ3v) is 5.62. The summed E-state index contributed by atoms with van der Waals surface area (Å²) >= 11 is 1.77. The van der Waals surface area contributed by atoms with Crippen LogP contribution in [0.1, 0.15) is 11.3 Å². The largest absolute Gasteiger partial charge is 0.490 e. The van der Waals surface area contributed by atoms with Crippen LogP contribution in [-0.4, -0.2) is 112 Å². The Hall–Kier alpha value is -3.43. The minimum atomic E-state index is -5.08. The molecule has 21 heteroatoms. The summed E-state index contributed by atoms with van der Waals surface area (Å²) in [6.07, 6.45) is -13.3. The maximum atomic E-state index is 10.6. The molecule has 0 amide bonds. The first-order valence-corrected chi connectivity index (χ1v) is 12.8. The van der Waals surface area contributed by atoms with E-state index < -0.39 is 36.4 Å². The normalized spacial score (nSPS) is 15.3. The smallest absolute Gasteiger partial charge is 0.475 e. The van der Waals surface area contributed by atoms with Crippen molar-refractivity contribution in [3.8, 4) is 0 Å². The third kappa shape index (κ3) is 18.3. The average molecular weight is 677 g/mol. The fourth-order valence-corrected chi connectivity index (χ4v) is 3.64. The van der Waals surface area contributed by atoms with E-state index in [0.29, 0.717) is 5.92 Å². The monoisotopic (exact) mass is 676 g/mol. The molecule has 0 aromatic carbocycles. The summed E-state index contributed by atoms with van der Waals surface area (Å²) in [5.74, 6) is -7.79. The van der Waals surface area contributed by atoms with Gasteiger partial charge in [-0.1, -0.05) is 0 Å². The molecule has 0 saturated heterocycles. The van der Waals surface area contributed by atoms with Gasteiger partial charge in [-0.3, -0.25) is 9.58 Å². The van der Waals surface area contributed by atoms with Gasteiger partial charge in [0.15, 0.2) is 0 Å². The molecule has 0 spiro atoms. The number of aliphatic carboxylic acids is 3. The fourth-order valence-electron chi connectivity index (χ4n) is 2.98. The lowest BCUT2D eigenvalue weighted by Crippen LogP contribution is -2.30. The molecule has 252 valence electrons. The second-order valence-electron chi connectivity index (χ2n) is 8.96. The van der Waals surface area contributed by atoms with E-state index in [9.17, 15) is 39.5 Å². The first-order valence-electron chi connectivity index (χ1n) is 11.9. The SMILES string of the molecule is CN(C)CCOCC1CN(Cc2ccsc2)Cc2ccnn2C1.O=C(O)C(F)(F)F.O=C(O)C(F)(F)F.O=C(O)C(F)(F)F. The van der Waals surface area contributed by atoms with E-state index in [0.717, 1.165) is 45.9 Å². The van der Waals surface area contributed by atoms with Crippen LogP contribution in [0.25, 0.3) is 0 Å². The lowest BCUT2D eigenvalue weighted by atomic mass is 10.1. The second-order valence-corrected chi connectivity index (χ2v) is 9.74. The summed E-state index contributed by atoms with van der Waals surface area (Å²) in [6, 6.07) is 4.35. The van der Waals surface area contributed by atoms with E-state index in [2.05, 4.69) is 56.6 Å². The summed E-state index contributed by atoms with van der Waals surface area (Å²) in [4.78, 5) is 31.4. The number of aromatic nitrogens is 2.